The van der Waals surface area contributed by atoms with Crippen molar-refractivity contribution in [3.63, 3.8) is 0 Å². The van der Waals surface area contributed by atoms with Crippen LogP contribution in [0.25, 0.3) is 11.4 Å². The molecule has 5 heteroatoms. The zero-order chi connectivity index (χ0) is 12.1. The van der Waals surface area contributed by atoms with Crippen LogP contribution in [0.5, 0.6) is 5.75 Å². The Balaban J connectivity index is 2.08. The fourth-order valence-corrected chi connectivity index (χ4v) is 1.30. The van der Waals surface area contributed by atoms with Crippen LogP contribution in [0.2, 0.25) is 0 Å². The summed E-state index contributed by atoms with van der Waals surface area (Å²) in [5.74, 6) is 3.62. The average molecular weight is 229 g/mol. The van der Waals surface area contributed by atoms with E-state index in [0.717, 1.165) is 5.56 Å². The van der Waals surface area contributed by atoms with Crippen LogP contribution >= 0.6 is 0 Å². The lowest BCUT2D eigenvalue weighted by Gasteiger charge is -1.94. The second-order valence-electron chi connectivity index (χ2n) is 3.37. The van der Waals surface area contributed by atoms with Crippen LogP contribution < -0.4 is 5.32 Å². The van der Waals surface area contributed by atoms with Gasteiger partial charge < -0.3 is 9.63 Å². The minimum Gasteiger partial charge on any atom is -0.508 e. The van der Waals surface area contributed by atoms with Gasteiger partial charge in [0.15, 0.2) is 0 Å². The Morgan fingerprint density at radius 2 is 2.12 bits per heavy atom. The van der Waals surface area contributed by atoms with E-state index in [2.05, 4.69) is 21.4 Å². The average Bonchev–Trinajstić information content (AvgIpc) is 2.79. The first-order valence-electron chi connectivity index (χ1n) is 5.06. The molecular formula is C12H11N3O2. The van der Waals surface area contributed by atoms with Crippen LogP contribution in [0, 0.1) is 12.3 Å². The molecule has 0 atom stereocenters. The van der Waals surface area contributed by atoms with Gasteiger partial charge in [0.1, 0.15) is 5.75 Å². The number of phenols is 1. The molecule has 0 aliphatic carbocycles. The minimum atomic E-state index is 0.202. The topological polar surface area (TPSA) is 71.2 Å². The Kier molecular flexibility index (Phi) is 3.38. The molecule has 17 heavy (non-hydrogen) atoms. The molecule has 1 aromatic heterocycles. The summed E-state index contributed by atoms with van der Waals surface area (Å²) in [6.07, 6.45) is 5.10. The van der Waals surface area contributed by atoms with E-state index in [1.165, 1.54) is 0 Å². The quantitative estimate of drug-likeness (QED) is 0.608. The van der Waals surface area contributed by atoms with E-state index in [4.69, 9.17) is 16.1 Å². The first-order chi connectivity index (χ1) is 8.29. The number of aromatic nitrogens is 2. The Bertz CT molecular complexity index is 525. The minimum absolute atomic E-state index is 0.202. The number of rotatable bonds is 4. The third-order valence-electron chi connectivity index (χ3n) is 2.10. The van der Waals surface area contributed by atoms with E-state index >= 15 is 0 Å². The normalized spacial score (nSPS) is 10.1. The molecule has 86 valence electrons. The zero-order valence-electron chi connectivity index (χ0n) is 9.05. The van der Waals surface area contributed by atoms with Crippen molar-refractivity contribution in [3.8, 4) is 29.5 Å². The van der Waals surface area contributed by atoms with Gasteiger partial charge in [0.25, 0.3) is 0 Å². The van der Waals surface area contributed by atoms with Crippen LogP contribution in [0.1, 0.15) is 5.89 Å². The Labute approximate surface area is 98.5 Å². The van der Waals surface area contributed by atoms with Gasteiger partial charge in [-0.25, -0.2) is 0 Å². The van der Waals surface area contributed by atoms with E-state index in [-0.39, 0.29) is 5.75 Å². The number of hydrogen-bond acceptors (Lipinski definition) is 5. The van der Waals surface area contributed by atoms with E-state index in [0.29, 0.717) is 24.8 Å². The zero-order valence-corrected chi connectivity index (χ0v) is 9.05. The van der Waals surface area contributed by atoms with Crippen molar-refractivity contribution in [2.75, 3.05) is 6.54 Å². The predicted octanol–water partition coefficient (Wildman–Crippen LogP) is 1.16. The van der Waals surface area contributed by atoms with Gasteiger partial charge in [-0.15, -0.1) is 6.42 Å². The highest BCUT2D eigenvalue weighted by atomic mass is 16.5. The maximum Gasteiger partial charge on any atom is 0.240 e. The number of phenolic OH excluding ortho intramolecular Hbond substituents is 1. The summed E-state index contributed by atoms with van der Waals surface area (Å²) in [5.41, 5.74) is 0.787. The molecule has 2 N–H and O–H groups in total. The van der Waals surface area contributed by atoms with E-state index in [1.807, 2.05) is 0 Å². The largest absolute Gasteiger partial charge is 0.508 e. The molecule has 0 radical (unpaired) electrons. The van der Waals surface area contributed by atoms with Gasteiger partial charge in [0.05, 0.1) is 13.1 Å². The third kappa shape index (κ3) is 2.83. The summed E-state index contributed by atoms with van der Waals surface area (Å²) >= 11 is 0. The molecule has 5 nitrogen and oxygen atoms in total. The van der Waals surface area contributed by atoms with Gasteiger partial charge in [-0.3, -0.25) is 5.32 Å². The molecular weight excluding hydrogens is 218 g/mol. The Morgan fingerprint density at radius 3 is 2.82 bits per heavy atom. The second-order valence-corrected chi connectivity index (χ2v) is 3.37. The fourth-order valence-electron chi connectivity index (χ4n) is 1.30. The van der Waals surface area contributed by atoms with Crippen molar-refractivity contribution in [1.29, 1.82) is 0 Å². The number of nitrogens with zero attached hydrogens (tertiary/aromatic N) is 2. The molecule has 0 bridgehead atoms. The molecule has 1 aromatic carbocycles. The summed E-state index contributed by atoms with van der Waals surface area (Å²) < 4.78 is 5.04. The Hall–Kier alpha value is -2.32. The summed E-state index contributed by atoms with van der Waals surface area (Å²) in [7, 11) is 0. The van der Waals surface area contributed by atoms with E-state index in [9.17, 15) is 0 Å². The van der Waals surface area contributed by atoms with Gasteiger partial charge in [-0.1, -0.05) is 11.1 Å². The lowest BCUT2D eigenvalue weighted by Crippen LogP contribution is -2.13. The molecule has 0 unspecified atom stereocenters. The maximum atomic E-state index is 9.16. The van der Waals surface area contributed by atoms with Gasteiger partial charge in [0.2, 0.25) is 11.7 Å². The highest BCUT2D eigenvalue weighted by molar-refractivity contribution is 5.55. The lowest BCUT2D eigenvalue weighted by molar-refractivity contribution is 0.370. The number of aromatic hydroxyl groups is 1. The van der Waals surface area contributed by atoms with E-state index < -0.39 is 0 Å². The van der Waals surface area contributed by atoms with Crippen LogP contribution in [0.15, 0.2) is 28.8 Å². The summed E-state index contributed by atoms with van der Waals surface area (Å²) in [5, 5.41) is 15.9. The van der Waals surface area contributed by atoms with E-state index in [1.54, 1.807) is 24.3 Å². The first-order valence-corrected chi connectivity index (χ1v) is 5.06. The van der Waals surface area contributed by atoms with Crippen molar-refractivity contribution in [2.24, 2.45) is 0 Å². The van der Waals surface area contributed by atoms with Gasteiger partial charge in [-0.2, -0.15) is 4.98 Å². The Morgan fingerprint density at radius 1 is 1.35 bits per heavy atom. The smallest absolute Gasteiger partial charge is 0.240 e. The molecule has 0 fully saturated rings. The predicted molar refractivity (Wildman–Crippen MR) is 61.9 cm³/mol. The number of benzene rings is 1. The summed E-state index contributed by atoms with van der Waals surface area (Å²) in [6.45, 7) is 0.895. The first kappa shape index (κ1) is 11.2. The summed E-state index contributed by atoms with van der Waals surface area (Å²) in [6, 6.07) is 6.58. The molecule has 0 saturated heterocycles. The molecule has 0 spiro atoms. The van der Waals surface area contributed by atoms with Crippen LogP contribution in [-0.4, -0.2) is 21.8 Å². The number of terminal acetylenes is 1. The van der Waals surface area contributed by atoms with Gasteiger partial charge >= 0.3 is 0 Å². The van der Waals surface area contributed by atoms with Crippen molar-refractivity contribution < 1.29 is 9.63 Å². The molecule has 0 saturated carbocycles. The SMILES string of the molecule is C#CCNCc1nc(-c2ccc(O)cc2)no1. The third-order valence-corrected chi connectivity index (χ3v) is 2.10. The molecule has 2 rings (SSSR count). The van der Waals surface area contributed by atoms with Crippen molar-refractivity contribution >= 4 is 0 Å². The molecule has 0 aliphatic rings. The lowest BCUT2D eigenvalue weighted by atomic mass is 10.2. The standard InChI is InChI=1S/C12H11N3O2/c1-2-7-13-8-11-14-12(15-17-11)9-3-5-10(16)6-4-9/h1,3-6,13,16H,7-8H2. The molecule has 1 heterocycles. The highest BCUT2D eigenvalue weighted by Gasteiger charge is 2.07. The number of nitrogens with one attached hydrogen (secondary N) is 1. The molecule has 0 aliphatic heterocycles. The van der Waals surface area contributed by atoms with Crippen molar-refractivity contribution in [1.82, 2.24) is 15.5 Å². The monoisotopic (exact) mass is 229 g/mol. The van der Waals surface area contributed by atoms with Crippen LogP contribution in [-0.2, 0) is 6.54 Å². The highest BCUT2D eigenvalue weighted by Crippen LogP contribution is 2.18. The molecule has 2 aromatic rings. The molecule has 0 amide bonds. The van der Waals surface area contributed by atoms with Crippen molar-refractivity contribution in [3.05, 3.63) is 30.2 Å². The second kappa shape index (κ2) is 5.14. The van der Waals surface area contributed by atoms with Crippen LogP contribution in [0.3, 0.4) is 0 Å². The maximum absolute atomic E-state index is 9.16. The summed E-state index contributed by atoms with van der Waals surface area (Å²) in [4.78, 5) is 4.19. The fraction of sp³-hybridized carbons (Fsp3) is 0.167. The van der Waals surface area contributed by atoms with Gasteiger partial charge in [0, 0.05) is 5.56 Å². The number of hydrogen-bond donors (Lipinski definition) is 2. The van der Waals surface area contributed by atoms with Crippen LogP contribution in [0.4, 0.5) is 0 Å². The van der Waals surface area contributed by atoms with Crippen molar-refractivity contribution in [2.45, 2.75) is 6.54 Å². The van der Waals surface area contributed by atoms with Gasteiger partial charge in [-0.05, 0) is 24.3 Å².